The number of carbonyl (C=O) groups excluding carboxylic acids is 3. The van der Waals surface area contributed by atoms with Crippen molar-refractivity contribution in [3.63, 3.8) is 0 Å². The summed E-state index contributed by atoms with van der Waals surface area (Å²) in [5, 5.41) is 0.657. The summed E-state index contributed by atoms with van der Waals surface area (Å²) in [7, 11) is 3.10. The fourth-order valence-electron chi connectivity index (χ4n) is 3.74. The lowest BCUT2D eigenvalue weighted by atomic mass is 10.1. The Hall–Kier alpha value is -3.38. The Morgan fingerprint density at radius 1 is 1.05 bits per heavy atom. The standard InChI is InChI=1S/C26H30N2O8S2/c1-6-35-20(30)13-17(29)14-37-26-27-23-21(15(3)22(38-23)25(32)36-7-2)24(31)28(26)11-10-16-8-9-18(33-4)19(12-16)34-5/h8-9,12H,6-7,10-11,13-14H2,1-5H3. The van der Waals surface area contributed by atoms with Crippen LogP contribution >= 0.6 is 23.1 Å². The lowest BCUT2D eigenvalue weighted by molar-refractivity contribution is -0.145. The van der Waals surface area contributed by atoms with E-state index in [4.69, 9.17) is 18.9 Å². The van der Waals surface area contributed by atoms with Crippen molar-refractivity contribution in [3.05, 3.63) is 44.6 Å². The Morgan fingerprint density at radius 2 is 1.76 bits per heavy atom. The van der Waals surface area contributed by atoms with Crippen molar-refractivity contribution in [2.24, 2.45) is 0 Å². The molecule has 2 aromatic heterocycles. The van der Waals surface area contributed by atoms with Crippen LogP contribution in [-0.2, 0) is 32.0 Å². The number of rotatable bonds is 13. The molecule has 0 aliphatic rings. The van der Waals surface area contributed by atoms with Gasteiger partial charge in [0.1, 0.15) is 16.1 Å². The molecule has 0 fully saturated rings. The maximum absolute atomic E-state index is 13.7. The van der Waals surface area contributed by atoms with Gasteiger partial charge in [-0.05, 0) is 50.5 Å². The number of esters is 2. The van der Waals surface area contributed by atoms with Gasteiger partial charge in [0.2, 0.25) is 0 Å². The van der Waals surface area contributed by atoms with Crippen molar-refractivity contribution in [3.8, 4) is 11.5 Å². The van der Waals surface area contributed by atoms with Gasteiger partial charge in [0.15, 0.2) is 22.4 Å². The fourth-order valence-corrected chi connectivity index (χ4v) is 5.74. The molecular formula is C26H30N2O8S2. The van der Waals surface area contributed by atoms with E-state index < -0.39 is 11.9 Å². The SMILES string of the molecule is CCOC(=O)CC(=O)CSc1nc2sc(C(=O)OCC)c(C)c2c(=O)n1CCc1ccc(OC)c(OC)c1. The highest BCUT2D eigenvalue weighted by Crippen LogP contribution is 2.31. The second kappa shape index (κ2) is 13.4. The highest BCUT2D eigenvalue weighted by atomic mass is 32.2. The van der Waals surface area contributed by atoms with Crippen molar-refractivity contribution in [1.29, 1.82) is 0 Å². The molecule has 0 saturated carbocycles. The van der Waals surface area contributed by atoms with Gasteiger partial charge in [-0.3, -0.25) is 19.0 Å². The van der Waals surface area contributed by atoms with Crippen LogP contribution in [0.15, 0.2) is 28.2 Å². The van der Waals surface area contributed by atoms with Gasteiger partial charge in [0, 0.05) is 6.54 Å². The largest absolute Gasteiger partial charge is 0.493 e. The number of aryl methyl sites for hydroxylation is 2. The Bertz CT molecular complexity index is 1400. The minimum Gasteiger partial charge on any atom is -0.493 e. The number of thioether (sulfide) groups is 1. The monoisotopic (exact) mass is 562 g/mol. The number of hydrogen-bond acceptors (Lipinski definition) is 11. The number of carbonyl (C=O) groups is 3. The fraction of sp³-hybridized carbons (Fsp3) is 0.423. The predicted octanol–water partition coefficient (Wildman–Crippen LogP) is 3.82. The predicted molar refractivity (Wildman–Crippen MR) is 145 cm³/mol. The summed E-state index contributed by atoms with van der Waals surface area (Å²) in [5.74, 6) is -0.360. The molecule has 0 aliphatic heterocycles. The third-order valence-corrected chi connectivity index (χ3v) is 7.76. The third-order valence-electron chi connectivity index (χ3n) is 5.56. The molecule has 0 unspecified atom stereocenters. The van der Waals surface area contributed by atoms with E-state index in [1.54, 1.807) is 41.1 Å². The molecule has 38 heavy (non-hydrogen) atoms. The number of hydrogen-bond donors (Lipinski definition) is 0. The van der Waals surface area contributed by atoms with E-state index in [1.807, 2.05) is 12.1 Å². The van der Waals surface area contributed by atoms with Crippen molar-refractivity contribution in [2.45, 2.75) is 45.3 Å². The highest BCUT2D eigenvalue weighted by Gasteiger charge is 2.23. The summed E-state index contributed by atoms with van der Waals surface area (Å²) in [4.78, 5) is 55.5. The number of nitrogens with zero attached hydrogens (tertiary/aromatic N) is 2. The zero-order valence-electron chi connectivity index (χ0n) is 22.0. The van der Waals surface area contributed by atoms with Crippen LogP contribution in [0.5, 0.6) is 11.5 Å². The Morgan fingerprint density at radius 3 is 2.42 bits per heavy atom. The molecule has 1 aromatic carbocycles. The molecule has 204 valence electrons. The van der Waals surface area contributed by atoms with Crippen LogP contribution in [0.2, 0.25) is 0 Å². The maximum atomic E-state index is 13.7. The molecule has 0 atom stereocenters. The molecule has 3 aromatic rings. The van der Waals surface area contributed by atoms with E-state index in [0.29, 0.717) is 43.7 Å². The van der Waals surface area contributed by atoms with Crippen molar-refractivity contribution < 1.29 is 33.3 Å². The molecule has 0 aliphatic carbocycles. The Labute approximate surface area is 228 Å². The summed E-state index contributed by atoms with van der Waals surface area (Å²) in [6.07, 6.45) is 0.107. The van der Waals surface area contributed by atoms with Crippen LogP contribution in [-0.4, -0.2) is 60.5 Å². The number of fused-ring (bicyclic) bond motifs is 1. The zero-order chi connectivity index (χ0) is 27.8. The number of ether oxygens (including phenoxy) is 4. The summed E-state index contributed by atoms with van der Waals surface area (Å²) >= 11 is 2.15. The van der Waals surface area contributed by atoms with E-state index >= 15 is 0 Å². The molecule has 0 bridgehead atoms. The summed E-state index contributed by atoms with van der Waals surface area (Å²) in [5.41, 5.74) is 1.09. The minimum absolute atomic E-state index is 0.0673. The van der Waals surface area contributed by atoms with Gasteiger partial charge >= 0.3 is 11.9 Å². The first-order valence-corrected chi connectivity index (χ1v) is 13.8. The van der Waals surface area contributed by atoms with Crippen LogP contribution in [0.1, 0.15) is 41.1 Å². The first-order valence-electron chi connectivity index (χ1n) is 12.0. The van der Waals surface area contributed by atoms with Crippen LogP contribution in [0.25, 0.3) is 10.2 Å². The molecule has 3 rings (SSSR count). The maximum Gasteiger partial charge on any atom is 0.348 e. The van der Waals surface area contributed by atoms with Crippen LogP contribution in [0.4, 0.5) is 0 Å². The van der Waals surface area contributed by atoms with Crippen molar-refractivity contribution in [1.82, 2.24) is 9.55 Å². The van der Waals surface area contributed by atoms with E-state index in [2.05, 4.69) is 4.98 Å². The highest BCUT2D eigenvalue weighted by molar-refractivity contribution is 7.99. The van der Waals surface area contributed by atoms with Crippen LogP contribution in [0, 0.1) is 6.92 Å². The first-order chi connectivity index (χ1) is 18.2. The number of thiophene rings is 1. The van der Waals surface area contributed by atoms with E-state index in [0.717, 1.165) is 28.7 Å². The number of Topliss-reactive ketones (excluding diaryl/α,β-unsaturated/α-hetero) is 1. The van der Waals surface area contributed by atoms with Gasteiger partial charge in [-0.15, -0.1) is 11.3 Å². The number of benzene rings is 1. The first kappa shape index (κ1) is 29.2. The van der Waals surface area contributed by atoms with Gasteiger partial charge in [-0.2, -0.15) is 0 Å². The van der Waals surface area contributed by atoms with Gasteiger partial charge in [-0.25, -0.2) is 9.78 Å². The summed E-state index contributed by atoms with van der Waals surface area (Å²) in [6.45, 7) is 5.73. The third kappa shape index (κ3) is 6.73. The van der Waals surface area contributed by atoms with Crippen molar-refractivity contribution >= 4 is 51.0 Å². The van der Waals surface area contributed by atoms with Crippen LogP contribution in [0.3, 0.4) is 0 Å². The second-order valence-corrected chi connectivity index (χ2v) is 10.00. The van der Waals surface area contributed by atoms with Gasteiger partial charge in [0.05, 0.1) is 38.6 Å². The summed E-state index contributed by atoms with van der Waals surface area (Å²) < 4.78 is 22.2. The molecule has 0 saturated heterocycles. The van der Waals surface area contributed by atoms with Crippen LogP contribution < -0.4 is 15.0 Å². The normalized spacial score (nSPS) is 10.9. The molecule has 0 amide bonds. The molecule has 10 nitrogen and oxygen atoms in total. The Balaban J connectivity index is 1.98. The van der Waals surface area contributed by atoms with Gasteiger partial charge < -0.3 is 18.9 Å². The number of aromatic nitrogens is 2. The van der Waals surface area contributed by atoms with Gasteiger partial charge in [-0.1, -0.05) is 17.8 Å². The van der Waals surface area contributed by atoms with E-state index in [9.17, 15) is 19.2 Å². The van der Waals surface area contributed by atoms with E-state index in [-0.39, 0.29) is 43.3 Å². The second-order valence-electron chi connectivity index (χ2n) is 8.06. The van der Waals surface area contributed by atoms with E-state index in [1.165, 1.54) is 4.57 Å². The lowest BCUT2D eigenvalue weighted by Gasteiger charge is -2.13. The Kier molecular flexibility index (Phi) is 10.3. The minimum atomic E-state index is -0.597. The average Bonchev–Trinajstić information content (AvgIpc) is 3.23. The molecule has 2 heterocycles. The quantitative estimate of drug-likeness (QED) is 0.131. The topological polar surface area (TPSA) is 123 Å². The zero-order valence-corrected chi connectivity index (χ0v) is 23.6. The van der Waals surface area contributed by atoms with Crippen molar-refractivity contribution in [2.75, 3.05) is 33.2 Å². The average molecular weight is 563 g/mol. The molecule has 12 heteroatoms. The lowest BCUT2D eigenvalue weighted by Crippen LogP contribution is -2.25. The number of methoxy groups -OCH3 is 2. The smallest absolute Gasteiger partial charge is 0.348 e. The molecule has 0 radical (unpaired) electrons. The molecule has 0 N–H and O–H groups in total. The van der Waals surface area contributed by atoms with Gasteiger partial charge in [0.25, 0.3) is 5.56 Å². The molecular weight excluding hydrogens is 532 g/mol. The number of ketones is 1. The summed E-state index contributed by atoms with van der Waals surface area (Å²) in [6, 6.07) is 5.50. The molecule has 0 spiro atoms.